The van der Waals surface area contributed by atoms with Crippen molar-refractivity contribution in [1.29, 1.82) is 5.41 Å². The van der Waals surface area contributed by atoms with Gasteiger partial charge in [-0.3, -0.25) is 34.0 Å². The summed E-state index contributed by atoms with van der Waals surface area (Å²) in [6.07, 6.45) is 5.40. The van der Waals surface area contributed by atoms with Crippen LogP contribution in [0.3, 0.4) is 0 Å². The van der Waals surface area contributed by atoms with Crippen molar-refractivity contribution in [2.75, 3.05) is 51.7 Å². The number of aromatic nitrogens is 9. The molecule has 6 N–H and O–H groups in total. The van der Waals surface area contributed by atoms with E-state index in [2.05, 4.69) is 45.5 Å². The van der Waals surface area contributed by atoms with Gasteiger partial charge in [0.25, 0.3) is 0 Å². The SMILES string of the molecule is CC(N)=NCCF.CCOC(C)=N.Cc1nc(=O)[nH]c(=O)n1CCF.Cc1nc(=O)n(CCCBr)c(=O)n1CCF.Cc1nc(=O)n(CCCN2C3CCC2CC(OCc2ccccc2F)C3)c(=O)n1CCF.Cl.Cl.O=C(O)C(=O)O. The van der Waals surface area contributed by atoms with E-state index >= 15 is 0 Å². The Kier molecular flexibility index (Phi) is 39.3. The van der Waals surface area contributed by atoms with Crippen molar-refractivity contribution in [3.63, 3.8) is 0 Å². The van der Waals surface area contributed by atoms with Crippen LogP contribution in [0.2, 0.25) is 0 Å². The summed E-state index contributed by atoms with van der Waals surface area (Å²) in [6.45, 7) is 9.42. The monoisotopic (exact) mass is 1270 g/mol. The average Bonchev–Trinajstić information content (AvgIpc) is 3.80. The number of amidine groups is 1. The van der Waals surface area contributed by atoms with Crippen molar-refractivity contribution in [2.24, 2.45) is 10.7 Å². The van der Waals surface area contributed by atoms with Crippen molar-refractivity contribution in [1.82, 2.24) is 47.7 Å². The van der Waals surface area contributed by atoms with Crippen molar-refractivity contribution in [3.05, 3.63) is 116 Å². The number of hydrogen-bond donors (Lipinski definition) is 5. The second-order valence-electron chi connectivity index (χ2n) is 17.0. The van der Waals surface area contributed by atoms with Crippen LogP contribution in [0.1, 0.15) is 82.3 Å². The molecule has 458 valence electrons. The number of carboxylic acids is 2. The van der Waals surface area contributed by atoms with Gasteiger partial charge in [-0.05, 0) is 79.2 Å². The van der Waals surface area contributed by atoms with Gasteiger partial charge >= 0.3 is 46.1 Å². The number of aromatic amines is 1. The largest absolute Gasteiger partial charge is 0.482 e. The quantitative estimate of drug-likeness (QED) is 0.0295. The summed E-state index contributed by atoms with van der Waals surface area (Å²) in [4.78, 5) is 107. The molecule has 2 fully saturated rings. The molecule has 0 spiro atoms. The number of alkyl halides is 5. The van der Waals surface area contributed by atoms with Gasteiger partial charge in [-0.2, -0.15) is 15.0 Å². The van der Waals surface area contributed by atoms with E-state index in [1.165, 1.54) is 29.0 Å². The second kappa shape index (κ2) is 41.5. The number of nitrogens with two attached hydrogens (primary N) is 1. The van der Waals surface area contributed by atoms with E-state index in [-0.39, 0.29) is 99.4 Å². The Hall–Kier alpha value is -6.44. The number of benzene rings is 1. The van der Waals surface area contributed by atoms with E-state index in [1.807, 2.05) is 18.0 Å². The summed E-state index contributed by atoms with van der Waals surface area (Å²) in [6, 6.07) is 7.49. The molecule has 25 nitrogen and oxygen atoms in total. The van der Waals surface area contributed by atoms with Crippen molar-refractivity contribution in [3.8, 4) is 0 Å². The maximum Gasteiger partial charge on any atom is 0.414 e. The molecular weight excluding hydrogens is 1200 g/mol. The first-order chi connectivity index (χ1) is 37.4. The molecule has 2 saturated heterocycles. The van der Waals surface area contributed by atoms with Crippen LogP contribution < -0.4 is 39.9 Å². The minimum atomic E-state index is -1.82. The number of piperidine rings is 1. The van der Waals surface area contributed by atoms with Crippen LogP contribution in [-0.2, 0) is 58.4 Å². The van der Waals surface area contributed by atoms with Gasteiger partial charge < -0.3 is 25.4 Å². The third-order valence-corrected chi connectivity index (χ3v) is 11.9. The maximum atomic E-state index is 13.8. The van der Waals surface area contributed by atoms with Crippen molar-refractivity contribution >= 4 is 64.4 Å². The first-order valence-corrected chi connectivity index (χ1v) is 25.9. The van der Waals surface area contributed by atoms with E-state index in [9.17, 15) is 50.7 Å². The van der Waals surface area contributed by atoms with Gasteiger partial charge in [0.05, 0.1) is 51.3 Å². The molecule has 5 heterocycles. The van der Waals surface area contributed by atoms with E-state index in [0.717, 1.165) is 45.9 Å². The lowest BCUT2D eigenvalue weighted by Crippen LogP contribution is -2.47. The molecule has 81 heavy (non-hydrogen) atoms. The highest BCUT2D eigenvalue weighted by atomic mass is 79.9. The zero-order chi connectivity index (χ0) is 59.8. The third kappa shape index (κ3) is 27.7. The van der Waals surface area contributed by atoms with Gasteiger partial charge in [-0.15, -0.1) is 24.8 Å². The lowest BCUT2D eigenvalue weighted by Gasteiger charge is -2.38. The highest BCUT2D eigenvalue weighted by molar-refractivity contribution is 9.09. The minimum Gasteiger partial charge on any atom is -0.482 e. The Balaban J connectivity index is 0. The maximum absolute atomic E-state index is 13.8. The number of carboxylic acid groups (broad SMARTS) is 2. The van der Waals surface area contributed by atoms with Gasteiger partial charge in [0.15, 0.2) is 5.90 Å². The standard InChI is InChI=1S/C23H30F2N4O3.C9H13BrFN3O2.C6H8FN3O2.C4H9FN2.C4H9NO.C2H2O4.2ClH/c1-16-26-22(30)29(23(31)27(16)12-9-24)11-4-10-28-18-7-8-19(28)14-20(13-18)32-15-17-5-2-3-6-21(17)25;1-7-12-8(15)14(5-2-3-10)9(16)13(7)6-4-11;1-4-8-5(11)9-6(12)10(4)3-2-7;1-4(6)7-3-2-5;1-3-6-4(2)5;3-1(4)2(5)6;;/h2-3,5-6,18-20H,4,7-15H2,1H3;2-6H2,1H3;2-3H2,1H3,(H,9,11,12);2-3H2,1H3,(H2,6,7);5H,3H2,1-2H3;(H,3,4)(H,5,6);2*1H. The fourth-order valence-electron chi connectivity index (χ4n) is 7.82. The number of rotatable bonds is 19. The number of H-pyrrole nitrogens is 1. The highest BCUT2D eigenvalue weighted by Crippen LogP contribution is 2.37. The Labute approximate surface area is 482 Å². The molecule has 2 aliphatic heterocycles. The van der Waals surface area contributed by atoms with Crippen molar-refractivity contribution < 1.29 is 51.2 Å². The lowest BCUT2D eigenvalue weighted by molar-refractivity contribution is -0.159. The molecule has 0 amide bonds. The van der Waals surface area contributed by atoms with Gasteiger partial charge in [0.1, 0.15) is 50.0 Å². The molecule has 0 saturated carbocycles. The Bertz CT molecular complexity index is 2930. The summed E-state index contributed by atoms with van der Waals surface area (Å²) in [5.74, 6) is -2.44. The number of hydrogen-bond acceptors (Lipinski definition) is 16. The summed E-state index contributed by atoms with van der Waals surface area (Å²) < 4.78 is 78.1. The zero-order valence-corrected chi connectivity index (χ0v) is 49.0. The van der Waals surface area contributed by atoms with Crippen LogP contribution in [0.4, 0.5) is 22.0 Å². The molecule has 2 unspecified atom stereocenters. The zero-order valence-electron chi connectivity index (χ0n) is 45.8. The second-order valence-corrected chi connectivity index (χ2v) is 17.8. The molecule has 0 radical (unpaired) electrons. The Morgan fingerprint density at radius 3 is 1.59 bits per heavy atom. The normalized spacial score (nSPS) is 14.9. The number of aliphatic carboxylic acids is 2. The van der Waals surface area contributed by atoms with Gasteiger partial charge in [-0.1, -0.05) is 34.1 Å². The number of fused-ring (bicyclic) bond motifs is 2. The molecule has 1 aromatic carbocycles. The molecule has 2 atom stereocenters. The number of ether oxygens (including phenoxy) is 2. The lowest BCUT2D eigenvalue weighted by atomic mass is 9.99. The Morgan fingerprint density at radius 1 is 0.741 bits per heavy atom. The summed E-state index contributed by atoms with van der Waals surface area (Å²) >= 11 is 3.22. The minimum absolute atomic E-state index is 0. The number of nitrogens with one attached hydrogen (secondary N) is 2. The molecule has 0 aliphatic carbocycles. The fourth-order valence-corrected chi connectivity index (χ4v) is 8.07. The summed E-state index contributed by atoms with van der Waals surface area (Å²) in [5, 5.41) is 22.1. The Morgan fingerprint density at radius 2 is 1.21 bits per heavy atom. The molecule has 2 aliphatic rings. The molecule has 33 heteroatoms. The van der Waals surface area contributed by atoms with Gasteiger partial charge in [0, 0.05) is 49.5 Å². The van der Waals surface area contributed by atoms with Gasteiger partial charge in [0.2, 0.25) is 0 Å². The fraction of sp³-hybridized carbons (Fsp3) is 0.604. The van der Waals surface area contributed by atoms with Crippen LogP contribution >= 0.6 is 40.7 Å². The smallest absolute Gasteiger partial charge is 0.414 e. The van der Waals surface area contributed by atoms with E-state index in [4.69, 9.17) is 35.7 Å². The predicted molar refractivity (Wildman–Crippen MR) is 300 cm³/mol. The van der Waals surface area contributed by atoms with Crippen LogP contribution in [0, 0.1) is 32.0 Å². The van der Waals surface area contributed by atoms with Gasteiger partial charge in [-0.25, -0.2) is 69.4 Å². The first-order valence-electron chi connectivity index (χ1n) is 24.8. The van der Waals surface area contributed by atoms with E-state index < -0.39 is 72.8 Å². The van der Waals surface area contributed by atoms with E-state index in [1.54, 1.807) is 32.9 Å². The van der Waals surface area contributed by atoms with E-state index in [0.29, 0.717) is 54.8 Å². The summed E-state index contributed by atoms with van der Waals surface area (Å²) in [5.41, 5.74) is 2.19. The average molecular weight is 1270 g/mol. The number of carbonyl (C=O) groups is 2. The topological polar surface area (TPSA) is 340 Å². The molecule has 4 aromatic rings. The number of nitrogens with zero attached hydrogens (tertiary/aromatic N) is 10. The molecular formula is C48H73BrCl2F5N13O12. The number of halogens is 8. The third-order valence-electron chi connectivity index (χ3n) is 11.3. The van der Waals surface area contributed by atoms with Crippen LogP contribution in [0.5, 0.6) is 0 Å². The number of aliphatic imine (C=N–C) groups is 1. The predicted octanol–water partition coefficient (Wildman–Crippen LogP) is 3.45. The first kappa shape index (κ1) is 76.6. The van der Waals surface area contributed by atoms with Crippen molar-refractivity contribution in [2.45, 2.75) is 138 Å². The molecule has 3 aromatic heterocycles. The van der Waals surface area contributed by atoms with Crippen LogP contribution in [0.25, 0.3) is 0 Å². The van der Waals surface area contributed by atoms with Crippen LogP contribution in [-0.4, -0.2) is 151 Å². The number of aryl methyl sites for hydroxylation is 3. The highest BCUT2D eigenvalue weighted by Gasteiger charge is 2.40. The summed E-state index contributed by atoms with van der Waals surface area (Å²) in [7, 11) is 0. The molecule has 6 rings (SSSR count). The van der Waals surface area contributed by atoms with Crippen LogP contribution in [0.15, 0.2) is 58.0 Å². The molecule has 2 bridgehead atoms.